The first-order chi connectivity index (χ1) is 9.66. The maximum Gasteiger partial charge on any atom is 0.197 e. The van der Waals surface area contributed by atoms with Crippen LogP contribution in [0.2, 0.25) is 0 Å². The first-order valence-electron chi connectivity index (χ1n) is 7.24. The quantitative estimate of drug-likeness (QED) is 0.914. The lowest BCUT2D eigenvalue weighted by atomic mass is 9.82. The number of ether oxygens (including phenoxy) is 3. The molecule has 1 N–H and O–H groups in total. The van der Waals surface area contributed by atoms with Crippen LogP contribution in [0.25, 0.3) is 0 Å². The average Bonchev–Trinajstić information content (AvgIpc) is 2.90. The van der Waals surface area contributed by atoms with Gasteiger partial charge in [-0.15, -0.1) is 0 Å². The van der Waals surface area contributed by atoms with E-state index in [4.69, 9.17) is 14.2 Å². The van der Waals surface area contributed by atoms with Crippen LogP contribution in [0, 0.1) is 11.8 Å². The fourth-order valence-electron chi connectivity index (χ4n) is 3.25. The molecule has 0 amide bonds. The molecule has 110 valence electrons. The Hall–Kier alpha value is -0.940. The minimum absolute atomic E-state index is 0.00459. The van der Waals surface area contributed by atoms with Gasteiger partial charge in [0.1, 0.15) is 0 Å². The van der Waals surface area contributed by atoms with Crippen molar-refractivity contribution in [1.82, 2.24) is 0 Å². The standard InChI is InChI=1S/C16H22O4/c1-11-14-9-19-16(10-17,20-14)12(2)15(11)18-8-13-6-4-3-5-7-13/h3-7,11-12,14-15,17H,8-10H2,1-2H3/t11-,12-,14+,15+,16+/m1/s1. The Bertz CT molecular complexity index is 449. The van der Waals surface area contributed by atoms with Crippen LogP contribution in [-0.4, -0.2) is 36.3 Å². The molecular weight excluding hydrogens is 256 g/mol. The first-order valence-corrected chi connectivity index (χ1v) is 7.24. The summed E-state index contributed by atoms with van der Waals surface area (Å²) in [6, 6.07) is 10.1. The van der Waals surface area contributed by atoms with Crippen LogP contribution in [0.15, 0.2) is 30.3 Å². The van der Waals surface area contributed by atoms with Crippen LogP contribution in [-0.2, 0) is 20.8 Å². The van der Waals surface area contributed by atoms with Gasteiger partial charge in [-0.3, -0.25) is 0 Å². The lowest BCUT2D eigenvalue weighted by molar-refractivity contribution is -0.280. The van der Waals surface area contributed by atoms with E-state index in [1.807, 2.05) is 25.1 Å². The summed E-state index contributed by atoms with van der Waals surface area (Å²) < 4.78 is 17.7. The van der Waals surface area contributed by atoms with Gasteiger partial charge in [-0.2, -0.15) is 0 Å². The lowest BCUT2D eigenvalue weighted by Gasteiger charge is -2.44. The number of hydrogen-bond donors (Lipinski definition) is 1. The van der Waals surface area contributed by atoms with Gasteiger partial charge < -0.3 is 19.3 Å². The Morgan fingerprint density at radius 1 is 1.30 bits per heavy atom. The molecule has 3 rings (SSSR count). The Labute approximate surface area is 119 Å². The predicted molar refractivity (Wildman–Crippen MR) is 74.0 cm³/mol. The number of fused-ring (bicyclic) bond motifs is 2. The number of benzene rings is 1. The van der Waals surface area contributed by atoms with Crippen LogP contribution in [0.3, 0.4) is 0 Å². The molecule has 2 heterocycles. The summed E-state index contributed by atoms with van der Waals surface area (Å²) in [6.45, 7) is 5.16. The molecule has 2 saturated heterocycles. The highest BCUT2D eigenvalue weighted by atomic mass is 16.8. The molecular formula is C16H22O4. The molecule has 1 aromatic carbocycles. The highest BCUT2D eigenvalue weighted by molar-refractivity contribution is 5.13. The Morgan fingerprint density at radius 2 is 2.05 bits per heavy atom. The molecule has 1 aromatic rings. The number of aliphatic hydroxyl groups is 1. The van der Waals surface area contributed by atoms with E-state index in [2.05, 4.69) is 19.1 Å². The van der Waals surface area contributed by atoms with E-state index in [-0.39, 0.29) is 30.7 Å². The minimum Gasteiger partial charge on any atom is -0.391 e. The highest BCUT2D eigenvalue weighted by Crippen LogP contribution is 2.44. The van der Waals surface area contributed by atoms with Crippen molar-refractivity contribution < 1.29 is 19.3 Å². The molecule has 2 aliphatic heterocycles. The van der Waals surface area contributed by atoms with Crippen LogP contribution >= 0.6 is 0 Å². The molecule has 2 bridgehead atoms. The largest absolute Gasteiger partial charge is 0.391 e. The zero-order valence-electron chi connectivity index (χ0n) is 12.0. The van der Waals surface area contributed by atoms with Crippen LogP contribution in [0.5, 0.6) is 0 Å². The molecule has 0 saturated carbocycles. The van der Waals surface area contributed by atoms with Crippen molar-refractivity contribution >= 4 is 0 Å². The van der Waals surface area contributed by atoms with E-state index in [1.165, 1.54) is 0 Å². The fraction of sp³-hybridized carbons (Fsp3) is 0.625. The number of hydrogen-bond acceptors (Lipinski definition) is 4. The maximum absolute atomic E-state index is 9.62. The third kappa shape index (κ3) is 2.27. The molecule has 5 atom stereocenters. The number of rotatable bonds is 4. The molecule has 2 fully saturated rings. The third-order valence-corrected chi connectivity index (χ3v) is 4.64. The SMILES string of the molecule is C[C@H]1[C@H](OCc2ccccc2)[C@@H](C)[C@@]2(CO)OC[C@@H]1O2. The van der Waals surface area contributed by atoms with E-state index in [0.29, 0.717) is 13.2 Å². The molecule has 0 spiro atoms. The summed E-state index contributed by atoms with van der Waals surface area (Å²) in [7, 11) is 0. The van der Waals surface area contributed by atoms with Crippen molar-refractivity contribution in [2.45, 2.75) is 38.4 Å². The van der Waals surface area contributed by atoms with E-state index in [1.54, 1.807) is 0 Å². The molecule has 0 aliphatic carbocycles. The highest BCUT2D eigenvalue weighted by Gasteiger charge is 2.57. The summed E-state index contributed by atoms with van der Waals surface area (Å²) >= 11 is 0. The van der Waals surface area contributed by atoms with E-state index in [0.717, 1.165) is 5.56 Å². The molecule has 20 heavy (non-hydrogen) atoms. The van der Waals surface area contributed by atoms with Gasteiger partial charge in [0.15, 0.2) is 5.79 Å². The van der Waals surface area contributed by atoms with Crippen LogP contribution < -0.4 is 0 Å². The smallest absolute Gasteiger partial charge is 0.197 e. The molecule has 4 heteroatoms. The number of aliphatic hydroxyl groups excluding tert-OH is 1. The van der Waals surface area contributed by atoms with Gasteiger partial charge in [0, 0.05) is 11.8 Å². The Morgan fingerprint density at radius 3 is 2.75 bits per heavy atom. The van der Waals surface area contributed by atoms with E-state index in [9.17, 15) is 5.11 Å². The van der Waals surface area contributed by atoms with Gasteiger partial charge in [-0.05, 0) is 5.56 Å². The molecule has 0 radical (unpaired) electrons. The predicted octanol–water partition coefficient (Wildman–Crippen LogP) is 1.96. The summed E-state index contributed by atoms with van der Waals surface area (Å²) in [5, 5.41) is 9.62. The topological polar surface area (TPSA) is 47.9 Å². The summed E-state index contributed by atoms with van der Waals surface area (Å²) in [5.41, 5.74) is 1.16. The zero-order chi connectivity index (χ0) is 14.2. The van der Waals surface area contributed by atoms with Crippen molar-refractivity contribution in [1.29, 1.82) is 0 Å². The van der Waals surface area contributed by atoms with E-state index < -0.39 is 5.79 Å². The maximum atomic E-state index is 9.62. The summed E-state index contributed by atoms with van der Waals surface area (Å²) in [6.07, 6.45) is 0.0442. The van der Waals surface area contributed by atoms with Gasteiger partial charge in [0.2, 0.25) is 0 Å². The van der Waals surface area contributed by atoms with Crippen molar-refractivity contribution in [2.24, 2.45) is 11.8 Å². The minimum atomic E-state index is -0.876. The van der Waals surface area contributed by atoms with Gasteiger partial charge in [0.25, 0.3) is 0 Å². The summed E-state index contributed by atoms with van der Waals surface area (Å²) in [5.74, 6) is -0.612. The van der Waals surface area contributed by atoms with Crippen molar-refractivity contribution in [3.05, 3.63) is 35.9 Å². The Kier molecular flexibility index (Phi) is 3.82. The van der Waals surface area contributed by atoms with Crippen molar-refractivity contribution in [3.8, 4) is 0 Å². The Balaban J connectivity index is 1.72. The monoisotopic (exact) mass is 278 g/mol. The van der Waals surface area contributed by atoms with Crippen LogP contribution in [0.4, 0.5) is 0 Å². The first kappa shape index (κ1) is 14.0. The second-order valence-corrected chi connectivity index (χ2v) is 5.85. The normalized spacial score (nSPS) is 40.0. The molecule has 4 nitrogen and oxygen atoms in total. The zero-order valence-corrected chi connectivity index (χ0v) is 12.0. The second kappa shape index (κ2) is 5.45. The molecule has 2 aliphatic rings. The average molecular weight is 278 g/mol. The van der Waals surface area contributed by atoms with Gasteiger partial charge >= 0.3 is 0 Å². The molecule has 0 aromatic heterocycles. The fourth-order valence-corrected chi connectivity index (χ4v) is 3.25. The second-order valence-electron chi connectivity index (χ2n) is 5.85. The van der Waals surface area contributed by atoms with Crippen molar-refractivity contribution in [3.63, 3.8) is 0 Å². The van der Waals surface area contributed by atoms with Crippen LogP contribution in [0.1, 0.15) is 19.4 Å². The van der Waals surface area contributed by atoms with Gasteiger partial charge in [-0.25, -0.2) is 0 Å². The van der Waals surface area contributed by atoms with Gasteiger partial charge in [0.05, 0.1) is 32.0 Å². The van der Waals surface area contributed by atoms with Crippen molar-refractivity contribution in [2.75, 3.05) is 13.2 Å². The van der Waals surface area contributed by atoms with Gasteiger partial charge in [-0.1, -0.05) is 44.2 Å². The molecule has 0 unspecified atom stereocenters. The third-order valence-electron chi connectivity index (χ3n) is 4.64. The lowest BCUT2D eigenvalue weighted by Crippen LogP contribution is -2.55. The summed E-state index contributed by atoms with van der Waals surface area (Å²) in [4.78, 5) is 0. The van der Waals surface area contributed by atoms with E-state index >= 15 is 0 Å².